The van der Waals surface area contributed by atoms with E-state index in [1.165, 1.54) is 12.1 Å². The lowest BCUT2D eigenvalue weighted by molar-refractivity contribution is -0.138. The summed E-state index contributed by atoms with van der Waals surface area (Å²) in [6.07, 6.45) is -4.68. The van der Waals surface area contributed by atoms with Crippen LogP contribution in [-0.4, -0.2) is 22.4 Å². The number of hydrogen-bond acceptors (Lipinski definition) is 2. The highest BCUT2D eigenvalue weighted by Crippen LogP contribution is 2.33. The molecule has 4 nitrogen and oxygen atoms in total. The zero-order chi connectivity index (χ0) is 19.5. The van der Waals surface area contributed by atoms with Crippen molar-refractivity contribution in [2.24, 2.45) is 0 Å². The van der Waals surface area contributed by atoms with E-state index in [-0.39, 0.29) is 0 Å². The largest absolute Gasteiger partial charge is 0.417 e. The molecule has 2 amide bonds. The summed E-state index contributed by atoms with van der Waals surface area (Å²) in [5.74, 6) is -1.52. The monoisotopic (exact) mass is 364 g/mol. The predicted octanol–water partition coefficient (Wildman–Crippen LogP) is 4.29. The maximum absolute atomic E-state index is 13.2. The molecule has 0 aliphatic rings. The van der Waals surface area contributed by atoms with Crippen molar-refractivity contribution in [2.45, 2.75) is 32.5 Å². The molecule has 0 bridgehead atoms. The smallest absolute Gasteiger partial charge is 0.267 e. The molecule has 0 spiro atoms. The molecule has 7 heteroatoms. The summed E-state index contributed by atoms with van der Waals surface area (Å²) in [4.78, 5) is 25.2. The van der Waals surface area contributed by atoms with Crippen molar-refractivity contribution in [1.29, 1.82) is 0 Å². The number of benzene rings is 2. The zero-order valence-corrected chi connectivity index (χ0v) is 14.6. The molecule has 2 aromatic rings. The van der Waals surface area contributed by atoms with Crippen LogP contribution in [0, 0.1) is 0 Å². The van der Waals surface area contributed by atoms with Gasteiger partial charge in [-0.3, -0.25) is 15.0 Å². The lowest BCUT2D eigenvalue weighted by atomic mass is 10.0. The third-order valence-electron chi connectivity index (χ3n) is 3.59. The van der Waals surface area contributed by atoms with E-state index < -0.39 is 34.7 Å². The van der Waals surface area contributed by atoms with E-state index in [0.29, 0.717) is 5.56 Å². The van der Waals surface area contributed by atoms with Crippen LogP contribution in [0.25, 0.3) is 0 Å². The van der Waals surface area contributed by atoms with Gasteiger partial charge in [-0.05, 0) is 45.0 Å². The number of hydrazine groups is 1. The van der Waals surface area contributed by atoms with Crippen LogP contribution in [0.1, 0.15) is 47.1 Å². The standard InChI is InChI=1S/C19H19F3N2O2/c1-18(2,3)24(23-16(25)13-9-5-4-6-10-13)17(26)14-11-7-8-12-15(14)19(20,21)22/h4-12H,1-3H3,(H,23,25). The van der Waals surface area contributed by atoms with Crippen LogP contribution in [0.5, 0.6) is 0 Å². The molecule has 0 aliphatic heterocycles. The quantitative estimate of drug-likeness (QED) is 0.808. The Labute approximate surface area is 149 Å². The summed E-state index contributed by atoms with van der Waals surface area (Å²) >= 11 is 0. The normalized spacial score (nSPS) is 11.8. The molecule has 0 atom stereocenters. The molecule has 2 rings (SSSR count). The summed E-state index contributed by atoms with van der Waals surface area (Å²) in [6, 6.07) is 12.6. The van der Waals surface area contributed by atoms with Gasteiger partial charge in [0, 0.05) is 5.56 Å². The van der Waals surface area contributed by atoms with E-state index in [1.54, 1.807) is 51.1 Å². The molecule has 0 radical (unpaired) electrons. The van der Waals surface area contributed by atoms with E-state index in [4.69, 9.17) is 0 Å². The van der Waals surface area contributed by atoms with Gasteiger partial charge in [0.25, 0.3) is 11.8 Å². The van der Waals surface area contributed by atoms with Gasteiger partial charge in [-0.25, -0.2) is 5.01 Å². The van der Waals surface area contributed by atoms with Gasteiger partial charge in [-0.15, -0.1) is 0 Å². The molecule has 0 saturated heterocycles. The molecule has 0 unspecified atom stereocenters. The fraction of sp³-hybridized carbons (Fsp3) is 0.263. The average molecular weight is 364 g/mol. The van der Waals surface area contributed by atoms with Crippen LogP contribution >= 0.6 is 0 Å². The highest BCUT2D eigenvalue weighted by Gasteiger charge is 2.38. The van der Waals surface area contributed by atoms with Crippen LogP contribution in [0.15, 0.2) is 54.6 Å². The minimum absolute atomic E-state index is 0.290. The van der Waals surface area contributed by atoms with Gasteiger partial charge in [-0.1, -0.05) is 30.3 Å². The number of carbonyl (C=O) groups is 2. The molecular weight excluding hydrogens is 345 g/mol. The molecule has 0 saturated carbocycles. The molecular formula is C19H19F3N2O2. The van der Waals surface area contributed by atoms with E-state index in [9.17, 15) is 22.8 Å². The Hall–Kier alpha value is -2.83. The van der Waals surface area contributed by atoms with Gasteiger partial charge in [0.1, 0.15) is 0 Å². The number of amides is 2. The first-order chi connectivity index (χ1) is 12.0. The Morgan fingerprint density at radius 3 is 1.96 bits per heavy atom. The SMILES string of the molecule is CC(C)(C)N(NC(=O)c1ccccc1)C(=O)c1ccccc1C(F)(F)F. The third kappa shape index (κ3) is 4.41. The van der Waals surface area contributed by atoms with Crippen LogP contribution < -0.4 is 5.43 Å². The van der Waals surface area contributed by atoms with E-state index in [1.807, 2.05) is 0 Å². The van der Waals surface area contributed by atoms with Crippen molar-refractivity contribution in [3.63, 3.8) is 0 Å². The van der Waals surface area contributed by atoms with Gasteiger partial charge in [0.2, 0.25) is 0 Å². The molecule has 0 heterocycles. The van der Waals surface area contributed by atoms with Crippen molar-refractivity contribution in [1.82, 2.24) is 10.4 Å². The van der Waals surface area contributed by atoms with Crippen molar-refractivity contribution in [3.8, 4) is 0 Å². The van der Waals surface area contributed by atoms with E-state index >= 15 is 0 Å². The molecule has 1 N–H and O–H groups in total. The first kappa shape index (κ1) is 19.5. The first-order valence-corrected chi connectivity index (χ1v) is 7.88. The van der Waals surface area contributed by atoms with E-state index in [2.05, 4.69) is 5.43 Å². The van der Waals surface area contributed by atoms with Crippen molar-refractivity contribution in [3.05, 3.63) is 71.3 Å². The molecule has 0 fully saturated rings. The lowest BCUT2D eigenvalue weighted by Gasteiger charge is -2.36. The van der Waals surface area contributed by atoms with Gasteiger partial charge >= 0.3 is 6.18 Å². The minimum atomic E-state index is -4.68. The second-order valence-corrected chi connectivity index (χ2v) is 6.66. The Kier molecular flexibility index (Phi) is 5.39. The third-order valence-corrected chi connectivity index (χ3v) is 3.59. The summed E-state index contributed by atoms with van der Waals surface area (Å²) in [7, 11) is 0. The maximum atomic E-state index is 13.2. The summed E-state index contributed by atoms with van der Waals surface area (Å²) < 4.78 is 39.7. The fourth-order valence-corrected chi connectivity index (χ4v) is 2.32. The lowest BCUT2D eigenvalue weighted by Crippen LogP contribution is -2.56. The van der Waals surface area contributed by atoms with Gasteiger partial charge in [0.15, 0.2) is 0 Å². The molecule has 138 valence electrons. The van der Waals surface area contributed by atoms with Gasteiger partial charge in [-0.2, -0.15) is 13.2 Å². The van der Waals surface area contributed by atoms with Crippen LogP contribution in [-0.2, 0) is 6.18 Å². The second-order valence-electron chi connectivity index (χ2n) is 6.66. The Morgan fingerprint density at radius 1 is 0.885 bits per heavy atom. The fourth-order valence-electron chi connectivity index (χ4n) is 2.32. The number of nitrogens with one attached hydrogen (secondary N) is 1. The predicted molar refractivity (Wildman–Crippen MR) is 91.3 cm³/mol. The zero-order valence-electron chi connectivity index (χ0n) is 14.6. The van der Waals surface area contributed by atoms with E-state index in [0.717, 1.165) is 17.1 Å². The van der Waals surface area contributed by atoms with Crippen molar-refractivity contribution >= 4 is 11.8 Å². The Morgan fingerprint density at radius 2 is 1.42 bits per heavy atom. The molecule has 0 aromatic heterocycles. The maximum Gasteiger partial charge on any atom is 0.417 e. The Balaban J connectivity index is 2.40. The molecule has 0 aliphatic carbocycles. The topological polar surface area (TPSA) is 49.4 Å². The molecule has 26 heavy (non-hydrogen) atoms. The number of nitrogens with zero attached hydrogens (tertiary/aromatic N) is 1. The van der Waals surface area contributed by atoms with Crippen molar-refractivity contribution < 1.29 is 22.8 Å². The minimum Gasteiger partial charge on any atom is -0.267 e. The summed E-state index contributed by atoms with van der Waals surface area (Å²) in [5, 5.41) is 0.924. The van der Waals surface area contributed by atoms with Crippen LogP contribution in [0.2, 0.25) is 0 Å². The second kappa shape index (κ2) is 7.19. The number of rotatable bonds is 2. The van der Waals surface area contributed by atoms with Crippen LogP contribution in [0.3, 0.4) is 0 Å². The van der Waals surface area contributed by atoms with Gasteiger partial charge < -0.3 is 0 Å². The average Bonchev–Trinajstić information content (AvgIpc) is 2.58. The Bertz CT molecular complexity index is 796. The number of alkyl halides is 3. The summed E-state index contributed by atoms with van der Waals surface area (Å²) in [5.41, 5.74) is 0.201. The van der Waals surface area contributed by atoms with Crippen LogP contribution in [0.4, 0.5) is 13.2 Å². The number of hydrogen-bond donors (Lipinski definition) is 1. The summed E-state index contributed by atoms with van der Waals surface area (Å²) in [6.45, 7) is 4.85. The highest BCUT2D eigenvalue weighted by molar-refractivity contribution is 6.00. The first-order valence-electron chi connectivity index (χ1n) is 7.88. The van der Waals surface area contributed by atoms with Crippen molar-refractivity contribution in [2.75, 3.05) is 0 Å². The highest BCUT2D eigenvalue weighted by atomic mass is 19.4. The van der Waals surface area contributed by atoms with Gasteiger partial charge in [0.05, 0.1) is 16.7 Å². The number of halogens is 3. The number of carbonyl (C=O) groups excluding carboxylic acids is 2. The molecule has 2 aromatic carbocycles.